The lowest BCUT2D eigenvalue weighted by Crippen LogP contribution is -2.38. The summed E-state index contributed by atoms with van der Waals surface area (Å²) in [6.07, 6.45) is 1.61. The van der Waals surface area contributed by atoms with Crippen LogP contribution in [0.25, 0.3) is 0 Å². The van der Waals surface area contributed by atoms with E-state index in [-0.39, 0.29) is 18.4 Å². The van der Waals surface area contributed by atoms with Gasteiger partial charge in [0.05, 0.1) is 11.3 Å². The molecule has 0 aromatic heterocycles. The van der Waals surface area contributed by atoms with Crippen molar-refractivity contribution in [3.63, 3.8) is 0 Å². The van der Waals surface area contributed by atoms with E-state index in [0.717, 1.165) is 24.0 Å². The van der Waals surface area contributed by atoms with Crippen LogP contribution in [0.4, 0.5) is 0 Å². The Hall–Kier alpha value is -2.33. The van der Waals surface area contributed by atoms with Crippen LogP contribution in [0.15, 0.2) is 54.6 Å². The zero-order chi connectivity index (χ0) is 18.3. The third kappa shape index (κ3) is 2.88. The molecule has 2 aromatic rings. The van der Waals surface area contributed by atoms with Crippen LogP contribution in [0, 0.1) is 5.92 Å². The molecular weight excluding hydrogens is 350 g/mol. The number of carboxylic acids is 1. The van der Waals surface area contributed by atoms with Crippen LogP contribution >= 0.6 is 11.6 Å². The Kier molecular flexibility index (Phi) is 4.23. The molecule has 0 radical (unpaired) electrons. The second-order valence-electron chi connectivity index (χ2n) is 7.26. The number of carbonyl (C=O) groups excluding carboxylic acids is 1. The highest BCUT2D eigenvalue weighted by atomic mass is 35.5. The Labute approximate surface area is 157 Å². The van der Waals surface area contributed by atoms with Crippen LogP contribution in [0.2, 0.25) is 5.02 Å². The Morgan fingerprint density at radius 3 is 2.23 bits per heavy atom. The maximum atomic E-state index is 13.3. The first-order chi connectivity index (χ1) is 12.5. The van der Waals surface area contributed by atoms with Gasteiger partial charge in [-0.25, -0.2) is 0 Å². The van der Waals surface area contributed by atoms with Gasteiger partial charge in [0.2, 0.25) is 5.91 Å². The largest absolute Gasteiger partial charge is 0.481 e. The molecule has 4 rings (SSSR count). The number of benzene rings is 2. The SMILES string of the molecule is O=C(O)C1CN(C(=O)C2(c3ccc(Cl)cc3)CC2)CC1c1ccccc1. The van der Waals surface area contributed by atoms with Gasteiger partial charge in [-0.15, -0.1) is 0 Å². The average molecular weight is 370 g/mol. The van der Waals surface area contributed by atoms with Crippen molar-refractivity contribution < 1.29 is 14.7 Å². The summed E-state index contributed by atoms with van der Waals surface area (Å²) in [6, 6.07) is 17.1. The van der Waals surface area contributed by atoms with Gasteiger partial charge < -0.3 is 10.0 Å². The minimum atomic E-state index is -0.842. The lowest BCUT2D eigenvalue weighted by molar-refractivity contribution is -0.142. The monoisotopic (exact) mass is 369 g/mol. The standard InChI is InChI=1S/C21H20ClNO3/c22-16-8-6-15(7-9-16)21(10-11-21)20(26)23-12-17(18(13-23)19(24)25)14-4-2-1-3-5-14/h1-9,17-18H,10-13H2,(H,24,25). The van der Waals surface area contributed by atoms with Crippen LogP contribution in [-0.2, 0) is 15.0 Å². The minimum absolute atomic E-state index is 0.0458. The third-order valence-corrected chi connectivity index (χ3v) is 5.96. The van der Waals surface area contributed by atoms with Gasteiger partial charge in [0.15, 0.2) is 0 Å². The summed E-state index contributed by atoms with van der Waals surface area (Å²) in [5.41, 5.74) is 1.45. The Morgan fingerprint density at radius 2 is 1.65 bits per heavy atom. The highest BCUT2D eigenvalue weighted by Crippen LogP contribution is 2.51. The van der Waals surface area contributed by atoms with E-state index >= 15 is 0 Å². The number of carbonyl (C=O) groups is 2. The number of likely N-dealkylation sites (tertiary alicyclic amines) is 1. The van der Waals surface area contributed by atoms with E-state index < -0.39 is 17.3 Å². The van der Waals surface area contributed by atoms with Crippen LogP contribution in [0.1, 0.15) is 29.9 Å². The minimum Gasteiger partial charge on any atom is -0.481 e. The van der Waals surface area contributed by atoms with Crippen molar-refractivity contribution in [3.8, 4) is 0 Å². The van der Waals surface area contributed by atoms with Crippen LogP contribution in [0.3, 0.4) is 0 Å². The van der Waals surface area contributed by atoms with Gasteiger partial charge in [0.1, 0.15) is 0 Å². The fourth-order valence-electron chi connectivity index (χ4n) is 4.08. The molecule has 1 aliphatic carbocycles. The molecule has 1 N–H and O–H groups in total. The first kappa shape index (κ1) is 17.1. The number of nitrogens with zero attached hydrogens (tertiary/aromatic N) is 1. The molecule has 2 atom stereocenters. The van der Waals surface area contributed by atoms with Crippen molar-refractivity contribution in [3.05, 3.63) is 70.7 Å². The molecule has 2 fully saturated rings. The normalized spacial score (nSPS) is 23.7. The lowest BCUT2D eigenvalue weighted by atomic mass is 9.89. The van der Waals surface area contributed by atoms with E-state index in [9.17, 15) is 14.7 Å². The topological polar surface area (TPSA) is 57.6 Å². The second kappa shape index (κ2) is 6.44. The predicted octanol–water partition coefficient (Wildman–Crippen LogP) is 3.70. The molecule has 5 heteroatoms. The molecule has 26 heavy (non-hydrogen) atoms. The first-order valence-corrected chi connectivity index (χ1v) is 9.22. The zero-order valence-corrected chi connectivity index (χ0v) is 15.0. The molecule has 134 valence electrons. The summed E-state index contributed by atoms with van der Waals surface area (Å²) in [5.74, 6) is -1.53. The van der Waals surface area contributed by atoms with Gasteiger partial charge >= 0.3 is 5.97 Å². The number of carboxylic acid groups (broad SMARTS) is 1. The van der Waals surface area contributed by atoms with E-state index in [1.165, 1.54) is 0 Å². The summed E-state index contributed by atoms with van der Waals surface area (Å²) in [4.78, 5) is 26.8. The van der Waals surface area contributed by atoms with Crippen molar-refractivity contribution in [2.24, 2.45) is 5.92 Å². The number of hydrogen-bond acceptors (Lipinski definition) is 2. The Morgan fingerprint density at radius 1 is 1.00 bits per heavy atom. The molecule has 0 spiro atoms. The fourth-order valence-corrected chi connectivity index (χ4v) is 4.21. The van der Waals surface area contributed by atoms with Crippen molar-refractivity contribution in [1.29, 1.82) is 0 Å². The number of aliphatic carboxylic acids is 1. The van der Waals surface area contributed by atoms with Crippen LogP contribution < -0.4 is 0 Å². The Bertz CT molecular complexity index is 830. The highest BCUT2D eigenvalue weighted by molar-refractivity contribution is 6.30. The van der Waals surface area contributed by atoms with Crippen molar-refractivity contribution >= 4 is 23.5 Å². The summed E-state index contributed by atoms with van der Waals surface area (Å²) in [7, 11) is 0. The number of halogens is 1. The molecule has 2 aliphatic rings. The molecule has 1 aliphatic heterocycles. The van der Waals surface area contributed by atoms with Gasteiger partial charge in [-0.2, -0.15) is 0 Å². The van der Waals surface area contributed by atoms with E-state index in [2.05, 4.69) is 0 Å². The van der Waals surface area contributed by atoms with E-state index in [1.807, 2.05) is 42.5 Å². The van der Waals surface area contributed by atoms with E-state index in [4.69, 9.17) is 11.6 Å². The quantitative estimate of drug-likeness (QED) is 0.894. The van der Waals surface area contributed by atoms with Crippen LogP contribution in [-0.4, -0.2) is 35.0 Å². The fraction of sp³-hybridized carbons (Fsp3) is 0.333. The molecular formula is C21H20ClNO3. The molecule has 2 unspecified atom stereocenters. The van der Waals surface area contributed by atoms with Gasteiger partial charge in [0.25, 0.3) is 0 Å². The van der Waals surface area contributed by atoms with Crippen molar-refractivity contribution in [1.82, 2.24) is 4.90 Å². The van der Waals surface area contributed by atoms with Crippen molar-refractivity contribution in [2.45, 2.75) is 24.2 Å². The van der Waals surface area contributed by atoms with E-state index in [1.54, 1.807) is 17.0 Å². The Balaban J connectivity index is 1.59. The maximum absolute atomic E-state index is 13.3. The number of hydrogen-bond donors (Lipinski definition) is 1. The molecule has 1 heterocycles. The molecule has 4 nitrogen and oxygen atoms in total. The lowest BCUT2D eigenvalue weighted by Gasteiger charge is -2.23. The summed E-state index contributed by atoms with van der Waals surface area (Å²) >= 11 is 5.97. The van der Waals surface area contributed by atoms with Gasteiger partial charge in [-0.05, 0) is 36.1 Å². The maximum Gasteiger partial charge on any atom is 0.308 e. The molecule has 2 aromatic carbocycles. The summed E-state index contributed by atoms with van der Waals surface area (Å²) < 4.78 is 0. The van der Waals surface area contributed by atoms with Gasteiger partial charge in [-0.1, -0.05) is 54.1 Å². The van der Waals surface area contributed by atoms with Crippen LogP contribution in [0.5, 0.6) is 0 Å². The molecule has 0 bridgehead atoms. The predicted molar refractivity (Wildman–Crippen MR) is 99.3 cm³/mol. The van der Waals surface area contributed by atoms with E-state index in [0.29, 0.717) is 11.6 Å². The smallest absolute Gasteiger partial charge is 0.308 e. The number of rotatable bonds is 4. The molecule has 1 amide bonds. The summed E-state index contributed by atoms with van der Waals surface area (Å²) in [5, 5.41) is 10.3. The first-order valence-electron chi connectivity index (χ1n) is 8.84. The molecule has 1 saturated carbocycles. The zero-order valence-electron chi connectivity index (χ0n) is 14.3. The van der Waals surface area contributed by atoms with Gasteiger partial charge in [0, 0.05) is 24.0 Å². The summed E-state index contributed by atoms with van der Waals surface area (Å²) in [6.45, 7) is 0.720. The average Bonchev–Trinajstić information content (AvgIpc) is 3.33. The van der Waals surface area contributed by atoms with Crippen molar-refractivity contribution in [2.75, 3.05) is 13.1 Å². The molecule has 1 saturated heterocycles. The number of amides is 1. The second-order valence-corrected chi connectivity index (χ2v) is 7.70. The third-order valence-electron chi connectivity index (χ3n) is 5.71. The highest BCUT2D eigenvalue weighted by Gasteiger charge is 2.55. The van der Waals surface area contributed by atoms with Gasteiger partial charge in [-0.3, -0.25) is 9.59 Å².